The number of aromatic nitrogens is 1. The van der Waals surface area contributed by atoms with Crippen LogP contribution >= 0.6 is 11.8 Å². The van der Waals surface area contributed by atoms with Crippen molar-refractivity contribution in [3.63, 3.8) is 0 Å². The van der Waals surface area contributed by atoms with Gasteiger partial charge in [-0.15, -0.1) is 0 Å². The molecule has 3 aliphatic rings. The number of anilines is 1. The number of hydrogen-bond acceptors (Lipinski definition) is 6. The molecule has 2 aromatic carbocycles. The minimum atomic E-state index is 0.767. The van der Waals surface area contributed by atoms with Gasteiger partial charge in [0.15, 0.2) is 6.20 Å². The maximum atomic E-state index is 3.73. The van der Waals surface area contributed by atoms with E-state index in [1.165, 1.54) is 83.7 Å². The molecular formula is C37H53N6S+. The molecule has 0 bridgehead atoms. The highest BCUT2D eigenvalue weighted by molar-refractivity contribution is 8.03. The Morgan fingerprint density at radius 2 is 1.50 bits per heavy atom. The molecule has 6 nitrogen and oxygen atoms in total. The van der Waals surface area contributed by atoms with Crippen molar-refractivity contribution in [2.45, 2.75) is 74.9 Å². The Bertz CT molecular complexity index is 1390. The highest BCUT2D eigenvalue weighted by Crippen LogP contribution is 2.46. The van der Waals surface area contributed by atoms with E-state index in [-0.39, 0.29) is 0 Å². The Labute approximate surface area is 269 Å². The van der Waals surface area contributed by atoms with Crippen LogP contribution in [0.3, 0.4) is 0 Å². The number of nitrogens with zero attached hydrogens (tertiary/aromatic N) is 4. The first kappa shape index (κ1) is 31.6. The van der Waals surface area contributed by atoms with E-state index in [0.29, 0.717) is 0 Å². The van der Waals surface area contributed by atoms with Gasteiger partial charge < -0.3 is 25.3 Å². The number of pyridine rings is 1. The van der Waals surface area contributed by atoms with Gasteiger partial charge in [0.2, 0.25) is 5.52 Å². The van der Waals surface area contributed by atoms with Crippen molar-refractivity contribution in [3.05, 3.63) is 71.4 Å². The molecule has 0 amide bonds. The number of benzene rings is 2. The zero-order valence-electron chi connectivity index (χ0n) is 27.0. The summed E-state index contributed by atoms with van der Waals surface area (Å²) < 4.78 is 2.44. The third kappa shape index (κ3) is 7.86. The summed E-state index contributed by atoms with van der Waals surface area (Å²) >= 11 is 1.91. The fourth-order valence-corrected chi connectivity index (χ4v) is 8.51. The van der Waals surface area contributed by atoms with Crippen LogP contribution in [0, 0.1) is 0 Å². The van der Waals surface area contributed by atoms with E-state index in [0.717, 1.165) is 64.2 Å². The molecule has 0 aliphatic carbocycles. The lowest BCUT2D eigenvalue weighted by Gasteiger charge is -2.22. The summed E-state index contributed by atoms with van der Waals surface area (Å²) in [5.74, 6) is 0. The number of rotatable bonds is 15. The Kier molecular flexibility index (Phi) is 11.3. The largest absolute Gasteiger partial charge is 0.335 e. The third-order valence-electron chi connectivity index (χ3n) is 10.0. The van der Waals surface area contributed by atoms with Gasteiger partial charge in [-0.3, -0.25) is 0 Å². The second kappa shape index (κ2) is 15.7. The summed E-state index contributed by atoms with van der Waals surface area (Å²) in [6, 6.07) is 21.7. The predicted octanol–water partition coefficient (Wildman–Crippen LogP) is 5.97. The van der Waals surface area contributed by atoms with Crippen molar-refractivity contribution < 1.29 is 4.57 Å². The predicted molar refractivity (Wildman–Crippen MR) is 187 cm³/mol. The van der Waals surface area contributed by atoms with E-state index in [9.17, 15) is 0 Å². The molecule has 1 aromatic heterocycles. The molecule has 2 atom stereocenters. The van der Waals surface area contributed by atoms with Crippen LogP contribution in [0.2, 0.25) is 0 Å². The molecule has 236 valence electrons. The number of para-hydroxylation sites is 2. The topological polar surface area (TPSA) is 37.7 Å². The third-order valence-corrected chi connectivity index (χ3v) is 11.1. The number of aryl methyl sites for hydroxylation is 1. The lowest BCUT2D eigenvalue weighted by Crippen LogP contribution is -2.36. The van der Waals surface area contributed by atoms with Crippen LogP contribution in [0.25, 0.3) is 17.0 Å². The van der Waals surface area contributed by atoms with E-state index in [4.69, 9.17) is 0 Å². The van der Waals surface area contributed by atoms with Crippen molar-refractivity contribution in [3.8, 4) is 0 Å². The summed E-state index contributed by atoms with van der Waals surface area (Å²) in [5.41, 5.74) is 3.96. The highest BCUT2D eigenvalue weighted by Gasteiger charge is 2.25. The Morgan fingerprint density at radius 3 is 2.23 bits per heavy atom. The first-order valence-electron chi connectivity index (χ1n) is 17.2. The van der Waals surface area contributed by atoms with Crippen LogP contribution in [0.4, 0.5) is 5.69 Å². The SMILES string of the molecule is CN1CCCC1CCNCCCN1/C(=C/c2cc[n+](CCCNCCC3CCCN3C)c3ccccc23)Sc2ccccc21. The van der Waals surface area contributed by atoms with Gasteiger partial charge in [-0.05, 0) is 122 Å². The van der Waals surface area contributed by atoms with Crippen molar-refractivity contribution in [1.29, 1.82) is 0 Å². The van der Waals surface area contributed by atoms with E-state index in [2.05, 4.69) is 111 Å². The number of hydrogen-bond donors (Lipinski definition) is 2. The van der Waals surface area contributed by atoms with Crippen molar-refractivity contribution >= 4 is 34.4 Å². The first-order valence-corrected chi connectivity index (χ1v) is 18.0. The smallest absolute Gasteiger partial charge is 0.213 e. The molecule has 3 aliphatic heterocycles. The lowest BCUT2D eigenvalue weighted by atomic mass is 10.1. The quantitative estimate of drug-likeness (QED) is 0.163. The summed E-state index contributed by atoms with van der Waals surface area (Å²) in [6.45, 7) is 8.96. The fraction of sp³-hybridized carbons (Fsp3) is 0.541. The van der Waals surface area contributed by atoms with E-state index < -0.39 is 0 Å². The Morgan fingerprint density at radius 1 is 0.818 bits per heavy atom. The maximum Gasteiger partial charge on any atom is 0.213 e. The summed E-state index contributed by atoms with van der Waals surface area (Å²) in [5, 5.41) is 10.1. The average molecular weight is 614 g/mol. The molecule has 2 saturated heterocycles. The van der Waals surface area contributed by atoms with Crippen LogP contribution in [0.15, 0.2) is 70.7 Å². The minimum Gasteiger partial charge on any atom is -0.335 e. The summed E-state index contributed by atoms with van der Waals surface area (Å²) in [6.07, 6.45) is 15.0. The van der Waals surface area contributed by atoms with Gasteiger partial charge in [-0.25, -0.2) is 0 Å². The summed E-state index contributed by atoms with van der Waals surface area (Å²) in [7, 11) is 4.55. The molecule has 0 radical (unpaired) electrons. The Balaban J connectivity index is 1.06. The zero-order valence-corrected chi connectivity index (χ0v) is 27.8. The molecule has 0 spiro atoms. The van der Waals surface area contributed by atoms with E-state index in [1.807, 2.05) is 11.8 Å². The molecule has 7 heteroatoms. The highest BCUT2D eigenvalue weighted by atomic mass is 32.2. The van der Waals surface area contributed by atoms with Gasteiger partial charge in [-0.2, -0.15) is 4.57 Å². The number of likely N-dealkylation sites (tertiary alicyclic amines) is 2. The molecule has 2 fully saturated rings. The molecule has 44 heavy (non-hydrogen) atoms. The fourth-order valence-electron chi connectivity index (χ4n) is 7.37. The van der Waals surface area contributed by atoms with Gasteiger partial charge in [-0.1, -0.05) is 36.0 Å². The van der Waals surface area contributed by atoms with Gasteiger partial charge in [0, 0.05) is 48.6 Å². The average Bonchev–Trinajstić information content (AvgIpc) is 3.75. The standard InChI is InChI=1S/C37H53N6S/c1-40-24-7-11-31(40)17-22-38-20-9-26-42-28-19-30(33-13-3-4-14-34(33)42)29-37-43(35-15-5-6-16-36(35)44-37)27-10-21-39-23-18-32-12-8-25-41(32)2/h3-6,13-16,19,28-29,31-32,38-39H,7-12,17-18,20-27H2,1-2H3/q+1. The molecule has 4 heterocycles. The first-order chi connectivity index (χ1) is 21.7. The summed E-state index contributed by atoms with van der Waals surface area (Å²) in [4.78, 5) is 8.95. The molecule has 6 rings (SSSR count). The van der Waals surface area contributed by atoms with Crippen molar-refractivity contribution in [2.24, 2.45) is 0 Å². The molecule has 2 N–H and O–H groups in total. The number of nitrogens with one attached hydrogen (secondary N) is 2. The monoisotopic (exact) mass is 613 g/mol. The van der Waals surface area contributed by atoms with Gasteiger partial charge in [0.1, 0.15) is 6.54 Å². The second-order valence-corrected chi connectivity index (χ2v) is 14.1. The van der Waals surface area contributed by atoms with Crippen LogP contribution in [-0.4, -0.2) is 81.8 Å². The maximum absolute atomic E-state index is 3.73. The number of thioether (sulfide) groups is 1. The van der Waals surface area contributed by atoms with Crippen molar-refractivity contribution in [2.75, 3.05) is 64.8 Å². The van der Waals surface area contributed by atoms with Crippen LogP contribution < -0.4 is 20.1 Å². The lowest BCUT2D eigenvalue weighted by molar-refractivity contribution is -0.671. The molecule has 0 saturated carbocycles. The number of fused-ring (bicyclic) bond motifs is 2. The van der Waals surface area contributed by atoms with Crippen molar-refractivity contribution in [1.82, 2.24) is 20.4 Å². The molecular weight excluding hydrogens is 561 g/mol. The molecule has 3 aromatic rings. The van der Waals surface area contributed by atoms with Crippen LogP contribution in [0.1, 0.15) is 56.9 Å². The van der Waals surface area contributed by atoms with Crippen LogP contribution in [0.5, 0.6) is 0 Å². The zero-order chi connectivity index (χ0) is 30.1. The minimum absolute atomic E-state index is 0.767. The van der Waals surface area contributed by atoms with Crippen LogP contribution in [-0.2, 0) is 6.54 Å². The van der Waals surface area contributed by atoms with E-state index in [1.54, 1.807) is 0 Å². The normalized spacial score (nSPS) is 21.7. The van der Waals surface area contributed by atoms with Gasteiger partial charge in [0.25, 0.3) is 0 Å². The van der Waals surface area contributed by atoms with E-state index >= 15 is 0 Å². The Hall–Kier alpha value is -2.42. The second-order valence-electron chi connectivity index (χ2n) is 13.0. The van der Waals surface area contributed by atoms with Gasteiger partial charge in [0.05, 0.1) is 16.1 Å². The van der Waals surface area contributed by atoms with Gasteiger partial charge >= 0.3 is 0 Å². The molecule has 2 unspecified atom stereocenters.